The number of carbonyl (C=O) groups is 2. The van der Waals surface area contributed by atoms with Crippen LogP contribution in [0.3, 0.4) is 0 Å². The minimum absolute atomic E-state index is 0.0439. The molecule has 6 aromatic carbocycles. The number of ether oxygens (including phenoxy) is 1. The number of rotatable bonds is 11. The SMILES string of the molecule is CC(C)C(=O)N1Cc2ccccc2C#Cc2ccccc21.CC(C)C1CC2C=CC1C2.CC(C)C1CSCN1.CC(C)Nc1ccc(-c2nncnn2)cc1.COC(=O)c1ccc(C(C)C)cc1P(c1ccccc1)c1ccccc1. The van der Waals surface area contributed by atoms with Gasteiger partial charge in [-0.3, -0.25) is 4.79 Å². The number of carbonyl (C=O) groups excluding carboxylic acids is 2. The Labute approximate surface area is 488 Å². The summed E-state index contributed by atoms with van der Waals surface area (Å²) in [5, 5.41) is 25.4. The first kappa shape index (κ1) is 61.7. The summed E-state index contributed by atoms with van der Waals surface area (Å²) >= 11 is 2.00. The predicted molar refractivity (Wildman–Crippen MR) is 340 cm³/mol. The van der Waals surface area contributed by atoms with E-state index < -0.39 is 7.92 Å². The van der Waals surface area contributed by atoms with E-state index in [2.05, 4.69) is 165 Å². The Hall–Kier alpha value is -6.96. The van der Waals surface area contributed by atoms with Gasteiger partial charge in [-0.15, -0.1) is 32.2 Å². The number of allylic oxidation sites excluding steroid dienone is 2. The quantitative estimate of drug-likeness (QED) is 0.0560. The van der Waals surface area contributed by atoms with Crippen molar-refractivity contribution in [2.24, 2.45) is 35.5 Å². The van der Waals surface area contributed by atoms with E-state index in [0.29, 0.717) is 29.9 Å². The lowest BCUT2D eigenvalue weighted by atomic mass is 9.84. The monoisotopic (exact) mass is 1120 g/mol. The lowest BCUT2D eigenvalue weighted by Gasteiger charge is -2.27. The summed E-state index contributed by atoms with van der Waals surface area (Å²) in [5.74, 6) is 14.2. The van der Waals surface area contributed by atoms with Crippen molar-refractivity contribution >= 4 is 58.8 Å². The van der Waals surface area contributed by atoms with E-state index in [1.807, 2.05) is 128 Å². The third-order valence-electron chi connectivity index (χ3n) is 14.7. The first-order valence-corrected chi connectivity index (χ1v) is 31.1. The molecule has 81 heavy (non-hydrogen) atoms. The molecule has 1 saturated heterocycles. The highest BCUT2D eigenvalue weighted by molar-refractivity contribution is 7.99. The molecule has 4 unspecified atom stereocenters. The summed E-state index contributed by atoms with van der Waals surface area (Å²) in [6.45, 7) is 22.2. The van der Waals surface area contributed by atoms with Crippen LogP contribution in [0.2, 0.25) is 0 Å². The molecule has 4 aliphatic rings. The molecule has 4 atom stereocenters. The molecule has 2 N–H and O–H groups in total. The lowest BCUT2D eigenvalue weighted by Crippen LogP contribution is -2.34. The van der Waals surface area contributed by atoms with E-state index in [9.17, 15) is 9.59 Å². The van der Waals surface area contributed by atoms with E-state index in [0.717, 1.165) is 80.4 Å². The summed E-state index contributed by atoms with van der Waals surface area (Å²) < 4.78 is 5.07. The smallest absolute Gasteiger partial charge is 0.338 e. The van der Waals surface area contributed by atoms with Crippen molar-refractivity contribution in [3.05, 3.63) is 198 Å². The molecule has 2 aliphatic heterocycles. The zero-order chi connectivity index (χ0) is 57.8. The molecule has 7 aromatic rings. The number of esters is 1. The third-order valence-corrected chi connectivity index (χ3v) is 18.2. The van der Waals surface area contributed by atoms with Crippen molar-refractivity contribution in [3.63, 3.8) is 0 Å². The summed E-state index contributed by atoms with van der Waals surface area (Å²) in [7, 11) is 0.593. The average molecular weight is 1120 g/mol. The Morgan fingerprint density at radius 2 is 1.32 bits per heavy atom. The highest BCUT2D eigenvalue weighted by Gasteiger charge is 2.37. The number of amides is 1. The highest BCUT2D eigenvalue weighted by Crippen LogP contribution is 2.46. The molecule has 10 nitrogen and oxygen atoms in total. The number of methoxy groups -OCH3 is 1. The molecule has 12 heteroatoms. The molecule has 1 amide bonds. The van der Waals surface area contributed by atoms with Crippen molar-refractivity contribution in [2.45, 2.75) is 107 Å². The fraction of sp³-hybridized carbons (Fsp3) is 0.362. The zero-order valence-corrected chi connectivity index (χ0v) is 50.9. The van der Waals surface area contributed by atoms with Gasteiger partial charge in [-0.2, -0.15) is 0 Å². The number of para-hydroxylation sites is 1. The molecule has 1 saturated carbocycles. The Morgan fingerprint density at radius 3 is 1.84 bits per heavy atom. The molecule has 0 spiro atoms. The van der Waals surface area contributed by atoms with Gasteiger partial charge in [0.25, 0.3) is 0 Å². The van der Waals surface area contributed by atoms with Gasteiger partial charge in [0, 0.05) is 52.0 Å². The standard InChI is InChI=1S/C23H23O2P.C19H17NO.C11H13N5.C10H16.C6H13NS/c1-17(2)18-14-15-21(23(24)25-3)22(16-18)26(19-10-6-4-7-11-19)20-12-8-5-9-13-20;1-14(2)19(21)20-13-17-9-4-3-7-15(17)11-12-16-8-5-6-10-18(16)20;1-8(2)14-10-5-3-9(4-6-10)11-15-12-7-13-16-11;1-7(2)10-6-8-3-4-9(10)5-8;1-5(2)6-3-8-4-7-6/h4-17H,1-3H3;3-10,14H,13H2,1-2H3;3-8,14H,1-2H3;3-4,7-10H,5-6H2,1-2H3;5-7H,3-4H2,1-2H3. The number of fused-ring (bicyclic) bond motifs is 4. The molecule has 11 rings (SSSR count). The summed E-state index contributed by atoms with van der Waals surface area (Å²) in [6, 6.07) is 51.9. The number of anilines is 2. The fourth-order valence-corrected chi connectivity index (χ4v) is 13.9. The number of hydrogen-bond donors (Lipinski definition) is 2. The molecule has 2 bridgehead atoms. The second kappa shape index (κ2) is 30.7. The number of hydrogen-bond acceptors (Lipinski definition) is 10. The normalized spacial score (nSPS) is 17.2. The van der Waals surface area contributed by atoms with Crippen molar-refractivity contribution in [1.29, 1.82) is 0 Å². The minimum atomic E-state index is -0.847. The van der Waals surface area contributed by atoms with E-state index >= 15 is 0 Å². The number of benzene rings is 6. The zero-order valence-electron chi connectivity index (χ0n) is 49.2. The Bertz CT molecular complexity index is 3130. The lowest BCUT2D eigenvalue weighted by molar-refractivity contribution is -0.121. The van der Waals surface area contributed by atoms with Gasteiger partial charge >= 0.3 is 5.97 Å². The molecule has 2 aliphatic carbocycles. The predicted octanol–water partition coefficient (Wildman–Crippen LogP) is 13.9. The van der Waals surface area contributed by atoms with Crippen molar-refractivity contribution in [2.75, 3.05) is 29.0 Å². The highest BCUT2D eigenvalue weighted by atomic mass is 32.2. The maximum Gasteiger partial charge on any atom is 0.338 e. The molecule has 1 aromatic heterocycles. The molecule has 422 valence electrons. The number of nitrogens with zero attached hydrogens (tertiary/aromatic N) is 5. The van der Waals surface area contributed by atoms with Gasteiger partial charge in [-0.05, 0) is 152 Å². The summed E-state index contributed by atoms with van der Waals surface area (Å²) in [4.78, 5) is 26.9. The van der Waals surface area contributed by atoms with Crippen molar-refractivity contribution < 1.29 is 14.3 Å². The van der Waals surface area contributed by atoms with E-state index in [1.165, 1.54) is 48.2 Å². The first-order valence-electron chi connectivity index (χ1n) is 28.6. The number of nitrogens with one attached hydrogen (secondary N) is 2. The maximum atomic E-state index is 12.6. The van der Waals surface area contributed by atoms with E-state index in [4.69, 9.17) is 4.74 Å². The summed E-state index contributed by atoms with van der Waals surface area (Å²) in [5.41, 5.74) is 7.76. The largest absolute Gasteiger partial charge is 0.465 e. The van der Waals surface area contributed by atoms with Gasteiger partial charge in [-0.25, -0.2) is 4.79 Å². The minimum Gasteiger partial charge on any atom is -0.465 e. The first-order chi connectivity index (χ1) is 39.1. The molecule has 2 fully saturated rings. The Morgan fingerprint density at radius 1 is 0.704 bits per heavy atom. The second-order valence-electron chi connectivity index (χ2n) is 22.4. The van der Waals surface area contributed by atoms with Crippen LogP contribution < -0.4 is 31.4 Å². The molecule has 3 heterocycles. The van der Waals surface area contributed by atoms with Crippen molar-refractivity contribution in [3.8, 4) is 23.2 Å². The topological polar surface area (TPSA) is 122 Å². The van der Waals surface area contributed by atoms with E-state index in [1.54, 1.807) is 0 Å². The molecular weight excluding hydrogens is 1040 g/mol. The number of aromatic nitrogens is 4. The fourth-order valence-electron chi connectivity index (χ4n) is 10.2. The average Bonchev–Trinajstić information content (AvgIpc) is 4.44. The van der Waals surface area contributed by atoms with Crippen LogP contribution in [0.4, 0.5) is 11.4 Å². The van der Waals surface area contributed by atoms with Crippen molar-refractivity contribution in [1.82, 2.24) is 25.7 Å². The van der Waals surface area contributed by atoms with Gasteiger partial charge in [-0.1, -0.05) is 176 Å². The van der Waals surface area contributed by atoms with Gasteiger partial charge in [0.05, 0.1) is 24.9 Å². The van der Waals surface area contributed by atoms with Gasteiger partial charge in [0.2, 0.25) is 11.7 Å². The Balaban J connectivity index is 0.000000154. The van der Waals surface area contributed by atoms with Crippen LogP contribution in [0, 0.1) is 47.3 Å². The van der Waals surface area contributed by atoms with Crippen LogP contribution >= 0.6 is 19.7 Å². The van der Waals surface area contributed by atoms with Gasteiger partial charge < -0.3 is 20.3 Å². The second-order valence-corrected chi connectivity index (χ2v) is 25.7. The van der Waals surface area contributed by atoms with Crippen LogP contribution in [0.5, 0.6) is 0 Å². The molecular formula is C69H82N7O3PS. The maximum absolute atomic E-state index is 12.6. The van der Waals surface area contributed by atoms with E-state index in [-0.39, 0.29) is 17.8 Å². The number of thioether (sulfide) groups is 1. The summed E-state index contributed by atoms with van der Waals surface area (Å²) in [6.07, 6.45) is 9.11. The van der Waals surface area contributed by atoms with Gasteiger partial charge in [0.15, 0.2) is 6.33 Å². The Kier molecular flexibility index (Phi) is 23.4. The van der Waals surface area contributed by atoms with Crippen LogP contribution in [-0.4, -0.2) is 63.1 Å². The third kappa shape index (κ3) is 17.5. The van der Waals surface area contributed by atoms with Crippen LogP contribution in [0.25, 0.3) is 11.4 Å². The van der Waals surface area contributed by atoms with Crippen LogP contribution in [0.1, 0.15) is 121 Å². The molecule has 0 radical (unpaired) electrons. The van der Waals surface area contributed by atoms with Crippen LogP contribution in [0.15, 0.2) is 170 Å². The van der Waals surface area contributed by atoms with Gasteiger partial charge in [0.1, 0.15) is 0 Å². The van der Waals surface area contributed by atoms with Crippen LogP contribution in [-0.2, 0) is 16.1 Å².